The fraction of sp³-hybridized carbons (Fsp3) is 0.467. The number of hydrogen-bond donors (Lipinski definition) is 0. The maximum Gasteiger partial charge on any atom is 0.130 e. The lowest BCUT2D eigenvalue weighted by Crippen LogP contribution is -2.13. The first-order valence-corrected chi connectivity index (χ1v) is 6.80. The maximum atomic E-state index is 5.97. The molecule has 1 nitrogen and oxygen atoms in total. The summed E-state index contributed by atoms with van der Waals surface area (Å²) in [7, 11) is 0. The number of hydrogen-bond acceptors (Lipinski definition) is 1. The third kappa shape index (κ3) is 3.88. The topological polar surface area (TPSA) is 9.23 Å². The van der Waals surface area contributed by atoms with Gasteiger partial charge in [-0.05, 0) is 36.6 Å². The molecule has 0 amide bonds. The predicted octanol–water partition coefficient (Wildman–Crippen LogP) is 5.44. The number of benzene rings is 1. The zero-order valence-electron chi connectivity index (χ0n) is 11.3. The van der Waals surface area contributed by atoms with Crippen molar-refractivity contribution in [1.82, 2.24) is 0 Å². The van der Waals surface area contributed by atoms with Crippen LogP contribution in [0.15, 0.2) is 34.5 Å². The minimum atomic E-state index is 0.0751. The molecule has 1 rings (SSSR count). The van der Waals surface area contributed by atoms with E-state index in [0.29, 0.717) is 0 Å². The van der Waals surface area contributed by atoms with Gasteiger partial charge in [-0.3, -0.25) is 0 Å². The molecule has 0 aliphatic rings. The summed E-state index contributed by atoms with van der Waals surface area (Å²) in [5, 5.41) is 0. The Morgan fingerprint density at radius 1 is 1.35 bits per heavy atom. The van der Waals surface area contributed by atoms with Crippen molar-refractivity contribution in [2.45, 2.75) is 46.5 Å². The van der Waals surface area contributed by atoms with Gasteiger partial charge in [0, 0.05) is 16.5 Å². The summed E-state index contributed by atoms with van der Waals surface area (Å²) in [5.41, 5.74) is 1.30. The van der Waals surface area contributed by atoms with E-state index >= 15 is 0 Å². The molecule has 17 heavy (non-hydrogen) atoms. The Morgan fingerprint density at radius 2 is 2.00 bits per heavy atom. The molecule has 0 aromatic heterocycles. The largest absolute Gasteiger partial charge is 0.462 e. The summed E-state index contributed by atoms with van der Waals surface area (Å²) < 4.78 is 7.06. The van der Waals surface area contributed by atoms with Gasteiger partial charge in [-0.1, -0.05) is 43.6 Å². The molecule has 0 saturated carbocycles. The third-order valence-electron chi connectivity index (χ3n) is 2.66. The Morgan fingerprint density at radius 3 is 2.47 bits per heavy atom. The van der Waals surface area contributed by atoms with Crippen LogP contribution in [0, 0.1) is 0 Å². The number of ether oxygens (including phenoxy) is 1. The monoisotopic (exact) mass is 296 g/mol. The van der Waals surface area contributed by atoms with Crippen LogP contribution in [0.2, 0.25) is 0 Å². The normalized spacial score (nSPS) is 12.7. The Bertz CT molecular complexity index is 413. The zero-order chi connectivity index (χ0) is 13.1. The van der Waals surface area contributed by atoms with Crippen LogP contribution in [0.4, 0.5) is 0 Å². The van der Waals surface area contributed by atoms with Crippen LogP contribution < -0.4 is 4.74 Å². The molecule has 0 spiro atoms. The summed E-state index contributed by atoms with van der Waals surface area (Å²) in [6, 6.07) is 6.19. The quantitative estimate of drug-likeness (QED) is 0.675. The van der Waals surface area contributed by atoms with Crippen molar-refractivity contribution in [1.29, 1.82) is 0 Å². The lowest BCUT2D eigenvalue weighted by atomic mass is 9.86. The molecule has 94 valence electrons. The smallest absolute Gasteiger partial charge is 0.130 e. The summed E-state index contributed by atoms with van der Waals surface area (Å²) in [6.45, 7) is 10.7. The second kappa shape index (κ2) is 5.72. The summed E-state index contributed by atoms with van der Waals surface area (Å²) in [5.74, 6) is 1.97. The molecule has 1 aromatic rings. The number of halogens is 1. The van der Waals surface area contributed by atoms with Crippen LogP contribution >= 0.6 is 15.9 Å². The van der Waals surface area contributed by atoms with Crippen molar-refractivity contribution in [2.75, 3.05) is 0 Å². The van der Waals surface area contributed by atoms with Gasteiger partial charge in [-0.25, -0.2) is 0 Å². The van der Waals surface area contributed by atoms with Gasteiger partial charge in [0.25, 0.3) is 0 Å². The van der Waals surface area contributed by atoms with E-state index in [9.17, 15) is 0 Å². The van der Waals surface area contributed by atoms with E-state index < -0.39 is 0 Å². The first kappa shape index (κ1) is 14.3. The first-order chi connectivity index (χ1) is 7.88. The highest BCUT2D eigenvalue weighted by molar-refractivity contribution is 9.10. The predicted molar refractivity (Wildman–Crippen MR) is 77.5 cm³/mol. The van der Waals surface area contributed by atoms with Gasteiger partial charge < -0.3 is 4.74 Å². The molecule has 0 radical (unpaired) electrons. The third-order valence-corrected chi connectivity index (χ3v) is 3.15. The van der Waals surface area contributed by atoms with Crippen molar-refractivity contribution in [3.63, 3.8) is 0 Å². The fourth-order valence-corrected chi connectivity index (χ4v) is 2.01. The Balaban J connectivity index is 3.16. The lowest BCUT2D eigenvalue weighted by Gasteiger charge is -2.23. The van der Waals surface area contributed by atoms with Crippen LogP contribution in [0.25, 0.3) is 0 Å². The van der Waals surface area contributed by atoms with Gasteiger partial charge in [0.05, 0.1) is 5.76 Å². The molecule has 0 bridgehead atoms. The van der Waals surface area contributed by atoms with E-state index in [2.05, 4.69) is 49.7 Å². The molecule has 0 aliphatic carbocycles. The molecular formula is C15H21BrO. The van der Waals surface area contributed by atoms with Gasteiger partial charge in [0.1, 0.15) is 5.75 Å². The summed E-state index contributed by atoms with van der Waals surface area (Å²) >= 11 is 3.52. The molecule has 0 heterocycles. The molecule has 0 unspecified atom stereocenters. The Hall–Kier alpha value is -0.760. The highest BCUT2D eigenvalue weighted by atomic mass is 79.9. The maximum absolute atomic E-state index is 5.97. The SMILES string of the molecule is CC=C(CC)Oc1ccc(Br)cc1C(C)(C)C. The molecule has 1 aromatic carbocycles. The van der Waals surface area contributed by atoms with E-state index in [4.69, 9.17) is 4.74 Å². The average molecular weight is 297 g/mol. The van der Waals surface area contributed by atoms with Crippen molar-refractivity contribution in [3.05, 3.63) is 40.1 Å². The molecule has 0 atom stereocenters. The molecule has 2 heteroatoms. The average Bonchev–Trinajstić information content (AvgIpc) is 2.26. The van der Waals surface area contributed by atoms with Gasteiger partial charge in [0.15, 0.2) is 0 Å². The Kier molecular flexibility index (Phi) is 4.81. The van der Waals surface area contributed by atoms with Crippen LogP contribution in [0.1, 0.15) is 46.6 Å². The second-order valence-corrected chi connectivity index (χ2v) is 6.02. The zero-order valence-corrected chi connectivity index (χ0v) is 12.9. The minimum absolute atomic E-state index is 0.0751. The lowest BCUT2D eigenvalue weighted by molar-refractivity contribution is 0.393. The molecule has 0 aliphatic heterocycles. The summed E-state index contributed by atoms with van der Waals surface area (Å²) in [6.07, 6.45) is 2.94. The number of allylic oxidation sites excluding steroid dienone is 2. The van der Waals surface area contributed by atoms with Gasteiger partial charge in [-0.15, -0.1) is 0 Å². The standard InChI is InChI=1S/C15H21BrO/c1-6-12(7-2)17-14-9-8-11(16)10-13(14)15(3,4)5/h6,8-10H,7H2,1-5H3. The van der Waals surface area contributed by atoms with E-state index in [0.717, 1.165) is 22.4 Å². The number of rotatable bonds is 3. The second-order valence-electron chi connectivity index (χ2n) is 5.10. The van der Waals surface area contributed by atoms with Crippen molar-refractivity contribution >= 4 is 15.9 Å². The van der Waals surface area contributed by atoms with E-state index in [1.54, 1.807) is 0 Å². The van der Waals surface area contributed by atoms with E-state index in [-0.39, 0.29) is 5.41 Å². The Labute approximate surface area is 113 Å². The van der Waals surface area contributed by atoms with Crippen LogP contribution in [-0.4, -0.2) is 0 Å². The van der Waals surface area contributed by atoms with Gasteiger partial charge in [0.2, 0.25) is 0 Å². The summed E-state index contributed by atoms with van der Waals surface area (Å²) in [4.78, 5) is 0. The van der Waals surface area contributed by atoms with Gasteiger partial charge in [-0.2, -0.15) is 0 Å². The van der Waals surface area contributed by atoms with Crippen LogP contribution in [-0.2, 0) is 5.41 Å². The van der Waals surface area contributed by atoms with Crippen molar-refractivity contribution < 1.29 is 4.74 Å². The van der Waals surface area contributed by atoms with Crippen molar-refractivity contribution in [2.24, 2.45) is 0 Å². The van der Waals surface area contributed by atoms with E-state index in [1.165, 1.54) is 5.56 Å². The molecule has 0 N–H and O–H groups in total. The molecule has 0 fully saturated rings. The molecule has 0 saturated heterocycles. The van der Waals surface area contributed by atoms with Crippen LogP contribution in [0.3, 0.4) is 0 Å². The van der Waals surface area contributed by atoms with E-state index in [1.807, 2.05) is 25.1 Å². The first-order valence-electron chi connectivity index (χ1n) is 6.01. The minimum Gasteiger partial charge on any atom is -0.462 e. The van der Waals surface area contributed by atoms with Crippen molar-refractivity contribution in [3.8, 4) is 5.75 Å². The van der Waals surface area contributed by atoms with Crippen LogP contribution in [0.5, 0.6) is 5.75 Å². The molecular weight excluding hydrogens is 276 g/mol. The highest BCUT2D eigenvalue weighted by Crippen LogP contribution is 2.34. The highest BCUT2D eigenvalue weighted by Gasteiger charge is 2.19. The fourth-order valence-electron chi connectivity index (χ4n) is 1.65. The van der Waals surface area contributed by atoms with Gasteiger partial charge >= 0.3 is 0 Å².